The largest absolute Gasteiger partial charge is 0.385 e. The number of hydrogen-bond acceptors (Lipinski definition) is 3. The fourth-order valence-electron chi connectivity index (χ4n) is 1.92. The number of sulfonamides is 1. The van der Waals surface area contributed by atoms with Gasteiger partial charge in [-0.25, -0.2) is 13.1 Å². The molecule has 1 rings (SSSR count). The maximum absolute atomic E-state index is 12.2. The molecule has 1 atom stereocenters. The molecule has 0 bridgehead atoms. The molecular weight excluding hydrogens is 272 g/mol. The third-order valence-electron chi connectivity index (χ3n) is 3.09. The summed E-state index contributed by atoms with van der Waals surface area (Å²) in [7, 11) is -3.40. The Labute approximate surface area is 123 Å². The Morgan fingerprint density at radius 3 is 2.30 bits per heavy atom. The molecule has 0 saturated carbocycles. The molecule has 0 saturated heterocycles. The van der Waals surface area contributed by atoms with Crippen molar-refractivity contribution in [1.29, 1.82) is 0 Å². The summed E-state index contributed by atoms with van der Waals surface area (Å²) < 4.78 is 27.1. The first-order valence-corrected chi connectivity index (χ1v) is 8.84. The quantitative estimate of drug-likeness (QED) is 0.735. The van der Waals surface area contributed by atoms with Gasteiger partial charge in [-0.1, -0.05) is 26.7 Å². The van der Waals surface area contributed by atoms with Crippen molar-refractivity contribution in [3.8, 4) is 0 Å². The maximum atomic E-state index is 12.2. The highest BCUT2D eigenvalue weighted by Gasteiger charge is 2.16. The van der Waals surface area contributed by atoms with Gasteiger partial charge in [-0.2, -0.15) is 0 Å². The molecule has 1 unspecified atom stereocenters. The lowest BCUT2D eigenvalue weighted by atomic mass is 10.2. The van der Waals surface area contributed by atoms with E-state index in [2.05, 4.69) is 23.9 Å². The van der Waals surface area contributed by atoms with Crippen LogP contribution < -0.4 is 10.0 Å². The van der Waals surface area contributed by atoms with Crippen LogP contribution in [0.25, 0.3) is 0 Å². The van der Waals surface area contributed by atoms with E-state index in [4.69, 9.17) is 0 Å². The molecule has 0 aliphatic rings. The minimum atomic E-state index is -3.40. The predicted octanol–water partition coefficient (Wildman–Crippen LogP) is 3.37. The number of hydrogen-bond donors (Lipinski definition) is 2. The zero-order valence-electron chi connectivity index (χ0n) is 12.6. The Morgan fingerprint density at radius 2 is 1.75 bits per heavy atom. The van der Waals surface area contributed by atoms with E-state index in [1.807, 2.05) is 6.92 Å². The minimum absolute atomic E-state index is 0.0298. The third kappa shape index (κ3) is 5.51. The molecular formula is C15H26N2O2S. The molecule has 20 heavy (non-hydrogen) atoms. The summed E-state index contributed by atoms with van der Waals surface area (Å²) in [5.74, 6) is 0. The Morgan fingerprint density at radius 1 is 1.10 bits per heavy atom. The van der Waals surface area contributed by atoms with Crippen LogP contribution in [0.5, 0.6) is 0 Å². The molecule has 0 aliphatic heterocycles. The number of anilines is 1. The molecule has 0 fully saturated rings. The van der Waals surface area contributed by atoms with Crippen LogP contribution in [-0.4, -0.2) is 21.0 Å². The predicted molar refractivity (Wildman–Crippen MR) is 84.5 cm³/mol. The van der Waals surface area contributed by atoms with E-state index in [1.54, 1.807) is 24.3 Å². The van der Waals surface area contributed by atoms with Crippen LogP contribution in [0.15, 0.2) is 29.2 Å². The molecule has 0 amide bonds. The first-order valence-electron chi connectivity index (χ1n) is 7.35. The summed E-state index contributed by atoms with van der Waals surface area (Å²) in [6.45, 7) is 6.99. The van der Waals surface area contributed by atoms with E-state index in [-0.39, 0.29) is 6.04 Å². The van der Waals surface area contributed by atoms with Gasteiger partial charge in [-0.05, 0) is 44.0 Å². The molecule has 5 heteroatoms. The van der Waals surface area contributed by atoms with Gasteiger partial charge in [0.15, 0.2) is 0 Å². The van der Waals surface area contributed by atoms with Crippen molar-refractivity contribution in [3.05, 3.63) is 24.3 Å². The molecule has 0 heterocycles. The summed E-state index contributed by atoms with van der Waals surface area (Å²) in [5.41, 5.74) is 0.949. The Bertz CT molecular complexity index is 483. The van der Waals surface area contributed by atoms with E-state index >= 15 is 0 Å². The van der Waals surface area contributed by atoms with Crippen molar-refractivity contribution in [2.24, 2.45) is 0 Å². The summed E-state index contributed by atoms with van der Waals surface area (Å²) in [4.78, 5) is 0.322. The Hall–Kier alpha value is -1.07. The molecule has 1 aromatic carbocycles. The van der Waals surface area contributed by atoms with E-state index in [0.717, 1.165) is 37.9 Å². The lowest BCUT2D eigenvalue weighted by Gasteiger charge is -2.14. The average molecular weight is 298 g/mol. The molecule has 1 aromatic rings. The topological polar surface area (TPSA) is 58.2 Å². The molecule has 0 aliphatic carbocycles. The van der Waals surface area contributed by atoms with Crippen LogP contribution in [0.3, 0.4) is 0 Å². The van der Waals surface area contributed by atoms with Crippen molar-refractivity contribution in [1.82, 2.24) is 4.72 Å². The summed E-state index contributed by atoms with van der Waals surface area (Å²) in [6.07, 6.45) is 4.01. The van der Waals surface area contributed by atoms with Gasteiger partial charge in [0.25, 0.3) is 0 Å². The van der Waals surface area contributed by atoms with Crippen molar-refractivity contribution in [3.63, 3.8) is 0 Å². The lowest BCUT2D eigenvalue weighted by Crippen LogP contribution is -2.32. The Balaban J connectivity index is 2.67. The number of nitrogens with one attached hydrogen (secondary N) is 2. The fourth-order valence-corrected chi connectivity index (χ4v) is 3.20. The minimum Gasteiger partial charge on any atom is -0.385 e. The van der Waals surface area contributed by atoms with Gasteiger partial charge in [0.1, 0.15) is 0 Å². The molecule has 0 spiro atoms. The van der Waals surface area contributed by atoms with Crippen molar-refractivity contribution >= 4 is 15.7 Å². The fraction of sp³-hybridized carbons (Fsp3) is 0.600. The first-order chi connectivity index (χ1) is 9.49. The van der Waals surface area contributed by atoms with Crippen molar-refractivity contribution in [2.75, 3.05) is 11.9 Å². The van der Waals surface area contributed by atoms with E-state index in [1.165, 1.54) is 0 Å². The summed E-state index contributed by atoms with van der Waals surface area (Å²) in [5, 5.41) is 3.23. The van der Waals surface area contributed by atoms with Crippen LogP contribution in [0.1, 0.15) is 46.5 Å². The highest BCUT2D eigenvalue weighted by Crippen LogP contribution is 2.15. The third-order valence-corrected chi connectivity index (χ3v) is 4.70. The second-order valence-electron chi connectivity index (χ2n) is 5.12. The molecule has 0 radical (unpaired) electrons. The van der Waals surface area contributed by atoms with Crippen LogP contribution in [0, 0.1) is 0 Å². The van der Waals surface area contributed by atoms with E-state index in [9.17, 15) is 8.42 Å². The van der Waals surface area contributed by atoms with Crippen LogP contribution >= 0.6 is 0 Å². The van der Waals surface area contributed by atoms with E-state index < -0.39 is 10.0 Å². The SMILES string of the molecule is CCCCC(C)NS(=O)(=O)c1ccc(NCCC)cc1. The van der Waals surface area contributed by atoms with Crippen LogP contribution in [0.2, 0.25) is 0 Å². The Kier molecular flexibility index (Phi) is 7.02. The maximum Gasteiger partial charge on any atom is 0.240 e. The zero-order chi connectivity index (χ0) is 15.0. The number of rotatable bonds is 9. The summed E-state index contributed by atoms with van der Waals surface area (Å²) >= 11 is 0. The lowest BCUT2D eigenvalue weighted by molar-refractivity contribution is 0.534. The second kappa shape index (κ2) is 8.27. The highest BCUT2D eigenvalue weighted by molar-refractivity contribution is 7.89. The zero-order valence-corrected chi connectivity index (χ0v) is 13.5. The van der Waals surface area contributed by atoms with E-state index in [0.29, 0.717) is 4.90 Å². The number of unbranched alkanes of at least 4 members (excludes halogenated alkanes) is 1. The van der Waals surface area contributed by atoms with Gasteiger partial charge in [0.2, 0.25) is 10.0 Å². The van der Waals surface area contributed by atoms with Crippen molar-refractivity contribution in [2.45, 2.75) is 57.4 Å². The first kappa shape index (κ1) is 17.0. The smallest absolute Gasteiger partial charge is 0.240 e. The summed E-state index contributed by atoms with van der Waals surface area (Å²) in [6, 6.07) is 6.87. The van der Waals surface area contributed by atoms with Gasteiger partial charge in [0, 0.05) is 18.3 Å². The van der Waals surface area contributed by atoms with Gasteiger partial charge in [0.05, 0.1) is 4.90 Å². The van der Waals surface area contributed by atoms with Crippen molar-refractivity contribution < 1.29 is 8.42 Å². The van der Waals surface area contributed by atoms with Gasteiger partial charge in [-0.3, -0.25) is 0 Å². The van der Waals surface area contributed by atoms with Gasteiger partial charge >= 0.3 is 0 Å². The van der Waals surface area contributed by atoms with Crippen LogP contribution in [0.4, 0.5) is 5.69 Å². The average Bonchev–Trinajstić information content (AvgIpc) is 2.43. The monoisotopic (exact) mass is 298 g/mol. The van der Waals surface area contributed by atoms with Gasteiger partial charge < -0.3 is 5.32 Å². The molecule has 114 valence electrons. The highest BCUT2D eigenvalue weighted by atomic mass is 32.2. The van der Waals surface area contributed by atoms with Gasteiger partial charge in [-0.15, -0.1) is 0 Å². The second-order valence-corrected chi connectivity index (χ2v) is 6.83. The molecule has 0 aromatic heterocycles. The number of benzene rings is 1. The molecule has 2 N–H and O–H groups in total. The van der Waals surface area contributed by atoms with Crippen LogP contribution in [-0.2, 0) is 10.0 Å². The molecule has 4 nitrogen and oxygen atoms in total. The normalized spacial score (nSPS) is 13.2. The standard InChI is InChI=1S/C15H26N2O2S/c1-4-6-7-13(3)17-20(18,19)15-10-8-14(9-11-15)16-12-5-2/h8-11,13,16-17H,4-7,12H2,1-3H3.